The quantitative estimate of drug-likeness (QED) is 0.0930. The number of nitrogens with zero attached hydrogens (tertiary/aromatic N) is 4. The van der Waals surface area contributed by atoms with Crippen LogP contribution in [0.2, 0.25) is 0 Å². The Kier molecular flexibility index (Phi) is 8.68. The molecule has 5 rings (SSSR count). The Morgan fingerprint density at radius 3 is 2.49 bits per heavy atom. The topological polar surface area (TPSA) is 109 Å². The minimum atomic E-state index is -0.508. The van der Waals surface area contributed by atoms with E-state index in [1.807, 2.05) is 55.5 Å². The molecule has 4 aromatic carbocycles. The normalized spacial score (nSPS) is 11.4. The first-order valence-electron chi connectivity index (χ1n) is 13.6. The monoisotopic (exact) mass is 640 g/mol. The molecule has 0 saturated heterocycles. The van der Waals surface area contributed by atoms with Crippen LogP contribution in [0.15, 0.2) is 93.2 Å². The number of aromatic nitrogens is 2. The number of rotatable bonds is 9. The highest BCUT2D eigenvalue weighted by molar-refractivity contribution is 9.10. The summed E-state index contributed by atoms with van der Waals surface area (Å²) in [6.45, 7) is 6.21. The van der Waals surface area contributed by atoms with E-state index < -0.39 is 4.92 Å². The van der Waals surface area contributed by atoms with Crippen molar-refractivity contribution in [3.05, 3.63) is 126 Å². The SMILES string of the molecule is COc1cc(C)c(-c2nc3ccccc3c(=O)n2N=Cc2cc(Br)c(OCc3ccccc3)c([N+](=O)[O-])c2)cc1C(C)C. The van der Waals surface area contributed by atoms with Crippen LogP contribution in [0.5, 0.6) is 11.5 Å². The number of halogens is 1. The number of hydrogen-bond donors (Lipinski definition) is 0. The van der Waals surface area contributed by atoms with Crippen molar-refractivity contribution in [3.63, 3.8) is 0 Å². The zero-order chi connectivity index (χ0) is 30.7. The number of aryl methyl sites for hydroxylation is 1. The summed E-state index contributed by atoms with van der Waals surface area (Å²) in [5, 5.41) is 16.9. The fourth-order valence-corrected chi connectivity index (χ4v) is 5.36. The van der Waals surface area contributed by atoms with Crippen molar-refractivity contribution in [1.82, 2.24) is 9.66 Å². The van der Waals surface area contributed by atoms with Crippen LogP contribution in [-0.4, -0.2) is 27.9 Å². The summed E-state index contributed by atoms with van der Waals surface area (Å²) in [6, 6.07) is 23.4. The highest BCUT2D eigenvalue weighted by Gasteiger charge is 2.21. The summed E-state index contributed by atoms with van der Waals surface area (Å²) < 4.78 is 13.1. The van der Waals surface area contributed by atoms with Crippen molar-refractivity contribution in [1.29, 1.82) is 0 Å². The van der Waals surface area contributed by atoms with Gasteiger partial charge >= 0.3 is 5.69 Å². The predicted octanol–water partition coefficient (Wildman–Crippen LogP) is 7.64. The molecule has 0 aliphatic rings. The molecular weight excluding hydrogens is 612 g/mol. The van der Waals surface area contributed by atoms with Gasteiger partial charge in [0.25, 0.3) is 5.56 Å². The molecule has 218 valence electrons. The number of nitro benzene ring substituents is 1. The van der Waals surface area contributed by atoms with Crippen LogP contribution in [0.25, 0.3) is 22.3 Å². The van der Waals surface area contributed by atoms with E-state index in [1.54, 1.807) is 31.4 Å². The lowest BCUT2D eigenvalue weighted by molar-refractivity contribution is -0.386. The van der Waals surface area contributed by atoms with Gasteiger partial charge in [0.15, 0.2) is 5.82 Å². The van der Waals surface area contributed by atoms with Crippen molar-refractivity contribution in [3.8, 4) is 22.9 Å². The van der Waals surface area contributed by atoms with Gasteiger partial charge < -0.3 is 9.47 Å². The highest BCUT2D eigenvalue weighted by atomic mass is 79.9. The Morgan fingerprint density at radius 2 is 1.79 bits per heavy atom. The summed E-state index contributed by atoms with van der Waals surface area (Å²) in [4.78, 5) is 30.1. The van der Waals surface area contributed by atoms with Gasteiger partial charge in [0.05, 0.1) is 33.6 Å². The van der Waals surface area contributed by atoms with Crippen LogP contribution >= 0.6 is 15.9 Å². The minimum absolute atomic E-state index is 0.103. The second kappa shape index (κ2) is 12.6. The lowest BCUT2D eigenvalue weighted by atomic mass is 9.96. The first kappa shape index (κ1) is 29.7. The van der Waals surface area contributed by atoms with Gasteiger partial charge in [-0.2, -0.15) is 9.78 Å². The zero-order valence-electron chi connectivity index (χ0n) is 24.1. The van der Waals surface area contributed by atoms with Gasteiger partial charge in [-0.05, 0) is 75.8 Å². The molecule has 0 amide bonds. The summed E-state index contributed by atoms with van der Waals surface area (Å²) in [5.74, 6) is 1.35. The van der Waals surface area contributed by atoms with Crippen LogP contribution in [0.3, 0.4) is 0 Å². The minimum Gasteiger partial charge on any atom is -0.496 e. The molecule has 0 unspecified atom stereocenters. The van der Waals surface area contributed by atoms with E-state index in [-0.39, 0.29) is 29.5 Å². The Balaban J connectivity index is 1.62. The van der Waals surface area contributed by atoms with Crippen LogP contribution in [0.1, 0.15) is 42.0 Å². The van der Waals surface area contributed by atoms with E-state index in [1.165, 1.54) is 17.0 Å². The number of ether oxygens (including phenoxy) is 2. The third-order valence-electron chi connectivity index (χ3n) is 6.98. The van der Waals surface area contributed by atoms with Crippen molar-refractivity contribution in [2.24, 2.45) is 5.10 Å². The van der Waals surface area contributed by atoms with Gasteiger partial charge in [-0.1, -0.05) is 56.3 Å². The largest absolute Gasteiger partial charge is 0.496 e. The standard InChI is InChI=1S/C33H29BrN4O5/c1-20(2)25-17-26(21(3)14-30(25)42-4)32-36-28-13-9-8-12-24(28)33(39)37(32)35-18-23-15-27(34)31(29(16-23)38(40)41)43-19-22-10-6-5-7-11-22/h5-18,20H,19H2,1-4H3. The summed E-state index contributed by atoms with van der Waals surface area (Å²) >= 11 is 3.43. The number of fused-ring (bicyclic) bond motifs is 1. The fourth-order valence-electron chi connectivity index (χ4n) is 4.78. The first-order valence-corrected chi connectivity index (χ1v) is 14.4. The third kappa shape index (κ3) is 6.19. The lowest BCUT2D eigenvalue weighted by Crippen LogP contribution is -2.20. The molecule has 0 radical (unpaired) electrons. The molecule has 5 aromatic rings. The van der Waals surface area contributed by atoms with Crippen molar-refractivity contribution in [2.75, 3.05) is 7.11 Å². The number of hydrogen-bond acceptors (Lipinski definition) is 7. The number of para-hydroxylation sites is 1. The van der Waals surface area contributed by atoms with Crippen LogP contribution in [0.4, 0.5) is 5.69 Å². The van der Waals surface area contributed by atoms with Gasteiger partial charge in [-0.15, -0.1) is 0 Å². The number of benzene rings is 4. The van der Waals surface area contributed by atoms with Crippen molar-refractivity contribution < 1.29 is 14.4 Å². The summed E-state index contributed by atoms with van der Waals surface area (Å²) in [6.07, 6.45) is 1.41. The van der Waals surface area contributed by atoms with Crippen LogP contribution < -0.4 is 15.0 Å². The molecule has 0 spiro atoms. The van der Waals surface area contributed by atoms with E-state index in [4.69, 9.17) is 14.5 Å². The second-order valence-corrected chi connectivity index (χ2v) is 11.1. The number of nitro groups is 1. The molecule has 9 nitrogen and oxygen atoms in total. The average Bonchev–Trinajstić information content (AvgIpc) is 3.00. The number of methoxy groups -OCH3 is 1. The molecule has 1 heterocycles. The van der Waals surface area contributed by atoms with Gasteiger partial charge in [-0.25, -0.2) is 4.98 Å². The van der Waals surface area contributed by atoms with E-state index in [0.717, 1.165) is 28.0 Å². The maximum Gasteiger partial charge on any atom is 0.312 e. The predicted molar refractivity (Wildman–Crippen MR) is 171 cm³/mol. The molecule has 1 aromatic heterocycles. The smallest absolute Gasteiger partial charge is 0.312 e. The molecule has 0 aliphatic carbocycles. The Morgan fingerprint density at radius 1 is 1.07 bits per heavy atom. The Labute approximate surface area is 256 Å². The maximum absolute atomic E-state index is 13.8. The van der Waals surface area contributed by atoms with E-state index in [0.29, 0.717) is 26.8 Å². The Bertz CT molecular complexity index is 1920. The molecule has 0 bridgehead atoms. The molecule has 0 aliphatic heterocycles. The summed E-state index contributed by atoms with van der Waals surface area (Å²) in [7, 11) is 1.63. The molecule has 10 heteroatoms. The highest BCUT2D eigenvalue weighted by Crippen LogP contribution is 2.37. The molecular formula is C33H29BrN4O5. The zero-order valence-corrected chi connectivity index (χ0v) is 25.7. The van der Waals surface area contributed by atoms with Gasteiger partial charge in [-0.3, -0.25) is 14.9 Å². The van der Waals surface area contributed by atoms with E-state index >= 15 is 0 Å². The molecule has 0 atom stereocenters. The van der Waals surface area contributed by atoms with Crippen LogP contribution in [-0.2, 0) is 6.61 Å². The van der Waals surface area contributed by atoms with Gasteiger partial charge in [0, 0.05) is 17.2 Å². The van der Waals surface area contributed by atoms with Crippen molar-refractivity contribution in [2.45, 2.75) is 33.3 Å². The average molecular weight is 642 g/mol. The molecule has 0 fully saturated rings. The van der Waals surface area contributed by atoms with Crippen molar-refractivity contribution >= 4 is 38.7 Å². The molecule has 43 heavy (non-hydrogen) atoms. The van der Waals surface area contributed by atoms with E-state index in [9.17, 15) is 14.9 Å². The first-order chi connectivity index (χ1) is 20.7. The fraction of sp³-hybridized carbons (Fsp3) is 0.182. The molecule has 0 N–H and O–H groups in total. The van der Waals surface area contributed by atoms with Gasteiger partial charge in [0.1, 0.15) is 12.4 Å². The van der Waals surface area contributed by atoms with Crippen LogP contribution in [0, 0.1) is 17.0 Å². The third-order valence-corrected chi connectivity index (χ3v) is 7.57. The van der Waals surface area contributed by atoms with E-state index in [2.05, 4.69) is 34.9 Å². The second-order valence-electron chi connectivity index (χ2n) is 10.3. The lowest BCUT2D eigenvalue weighted by Gasteiger charge is -2.17. The van der Waals surface area contributed by atoms with Gasteiger partial charge in [0.2, 0.25) is 5.75 Å². The summed E-state index contributed by atoms with van der Waals surface area (Å²) in [5.41, 5.74) is 3.75. The molecule has 0 saturated carbocycles. The Hall–Kier alpha value is -4.83. The maximum atomic E-state index is 13.8.